The van der Waals surface area contributed by atoms with E-state index in [1.54, 1.807) is 4.90 Å². The van der Waals surface area contributed by atoms with Crippen LogP contribution in [0, 0.1) is 5.82 Å². The van der Waals surface area contributed by atoms with Crippen LogP contribution in [0.25, 0.3) is 0 Å². The van der Waals surface area contributed by atoms with Crippen molar-refractivity contribution in [3.05, 3.63) is 35.6 Å². The smallest absolute Gasteiger partial charge is 0.254 e. The molecule has 0 aromatic heterocycles. The van der Waals surface area contributed by atoms with Crippen LogP contribution in [0.4, 0.5) is 4.39 Å². The summed E-state index contributed by atoms with van der Waals surface area (Å²) in [5, 5.41) is 26.9. The summed E-state index contributed by atoms with van der Waals surface area (Å²) in [5.74, 6) is -2.05. The molecular weight excluding hydrogens is 565 g/mol. The molecule has 0 unspecified atom stereocenters. The summed E-state index contributed by atoms with van der Waals surface area (Å²) in [5.41, 5.74) is 0.210. The summed E-state index contributed by atoms with van der Waals surface area (Å²) in [6, 6.07) is 3.22. The van der Waals surface area contributed by atoms with Crippen molar-refractivity contribution in [2.24, 2.45) is 0 Å². The third kappa shape index (κ3) is 6.11. The molecule has 0 radical (unpaired) electrons. The molecule has 5 aliphatic rings. The highest BCUT2D eigenvalue weighted by atomic mass is 19.1. The topological polar surface area (TPSA) is 161 Å². The van der Waals surface area contributed by atoms with Gasteiger partial charge in [0, 0.05) is 57.0 Å². The number of aliphatic hydroxyl groups is 2. The van der Waals surface area contributed by atoms with E-state index >= 15 is 0 Å². The fraction of sp³-hybridized carbons (Fsp3) is 0.655. The first kappa shape index (κ1) is 29.9. The fourth-order valence-corrected chi connectivity index (χ4v) is 7.00. The molecule has 43 heavy (non-hydrogen) atoms. The van der Waals surface area contributed by atoms with Crippen molar-refractivity contribution in [2.45, 2.75) is 74.3 Å². The molecule has 1 aromatic rings. The minimum atomic E-state index is -1.34. The SMILES string of the molecule is O=C1C[C@@H]2O[C@H](CNC(=O)[C@@H]3CN(CCN3C(=O)c3ccc(F)cc3)C(=O)[C@@H]3C[C@@H](CN3C3CCOCC3)N1)[C@@H](O)[C@H]2O. The van der Waals surface area contributed by atoms with Gasteiger partial charge in [0.05, 0.1) is 25.1 Å². The normalized spacial score (nSPS) is 34.7. The number of aliphatic hydroxyl groups excluding tert-OH is 2. The van der Waals surface area contributed by atoms with Crippen LogP contribution in [-0.2, 0) is 23.9 Å². The van der Waals surface area contributed by atoms with E-state index in [0.29, 0.717) is 26.2 Å². The van der Waals surface area contributed by atoms with Crippen LogP contribution in [0.5, 0.6) is 0 Å². The van der Waals surface area contributed by atoms with Crippen molar-refractivity contribution >= 4 is 23.6 Å². The number of carbonyl (C=O) groups excluding carboxylic acids is 4. The molecule has 0 saturated carbocycles. The maximum absolute atomic E-state index is 14.1. The molecule has 4 N–H and O–H groups in total. The second kappa shape index (κ2) is 12.4. The Morgan fingerprint density at radius 2 is 1.67 bits per heavy atom. The minimum absolute atomic E-state index is 0.0634. The molecule has 6 rings (SSSR count). The van der Waals surface area contributed by atoms with E-state index in [9.17, 15) is 33.8 Å². The number of piperazine rings is 1. The van der Waals surface area contributed by atoms with Gasteiger partial charge in [0.15, 0.2) is 0 Å². The Bertz CT molecular complexity index is 1230. The molecule has 4 amide bonds. The first-order chi connectivity index (χ1) is 20.7. The van der Waals surface area contributed by atoms with Crippen LogP contribution in [0.1, 0.15) is 36.0 Å². The van der Waals surface area contributed by atoms with Gasteiger partial charge in [-0.25, -0.2) is 4.39 Å². The van der Waals surface area contributed by atoms with E-state index in [2.05, 4.69) is 15.5 Å². The number of likely N-dealkylation sites (tertiary alicyclic amines) is 1. The number of halogens is 1. The first-order valence-electron chi connectivity index (χ1n) is 15.0. The molecule has 14 heteroatoms. The maximum Gasteiger partial charge on any atom is 0.254 e. The van der Waals surface area contributed by atoms with Crippen molar-refractivity contribution in [3.8, 4) is 0 Å². The summed E-state index contributed by atoms with van der Waals surface area (Å²) in [6.45, 7) is 1.64. The standard InChI is InChI=1S/C29H38FN5O8/c30-17-3-1-16(2-4-17)28(40)34-8-7-33-15-21(34)27(39)31-13-23-26(38)25(37)22(43-23)12-24(36)32-18-11-20(29(33)41)35(14-18)19-5-9-42-10-6-19/h1-4,18-23,25-26,37-38H,5-15H2,(H,31,39)(H,32,36)/t18-,20-,21-,22-,23+,25-,26+/m0/s1. The van der Waals surface area contributed by atoms with Crippen molar-refractivity contribution in [3.63, 3.8) is 0 Å². The number of rotatable bonds is 2. The number of carbonyl (C=O) groups is 4. The van der Waals surface area contributed by atoms with Crippen molar-refractivity contribution in [1.82, 2.24) is 25.3 Å². The number of benzene rings is 1. The molecule has 5 heterocycles. The lowest BCUT2D eigenvalue weighted by Gasteiger charge is -2.43. The van der Waals surface area contributed by atoms with E-state index < -0.39 is 54.1 Å². The van der Waals surface area contributed by atoms with Gasteiger partial charge in [0.2, 0.25) is 17.7 Å². The van der Waals surface area contributed by atoms with Gasteiger partial charge >= 0.3 is 0 Å². The van der Waals surface area contributed by atoms with E-state index in [1.165, 1.54) is 29.2 Å². The number of fused-ring (bicyclic) bond motifs is 6. The molecule has 5 aliphatic heterocycles. The Morgan fingerprint density at radius 1 is 0.953 bits per heavy atom. The van der Waals surface area contributed by atoms with Gasteiger partial charge < -0.3 is 40.1 Å². The van der Waals surface area contributed by atoms with Crippen molar-refractivity contribution in [2.75, 3.05) is 45.9 Å². The fourth-order valence-electron chi connectivity index (χ4n) is 7.00. The van der Waals surface area contributed by atoms with E-state index in [4.69, 9.17) is 9.47 Å². The molecule has 13 nitrogen and oxygen atoms in total. The quantitative estimate of drug-likeness (QED) is 0.307. The first-order valence-corrected chi connectivity index (χ1v) is 15.0. The summed E-state index contributed by atoms with van der Waals surface area (Å²) in [7, 11) is 0. The van der Waals surface area contributed by atoms with Gasteiger partial charge in [-0.3, -0.25) is 24.1 Å². The summed E-state index contributed by atoms with van der Waals surface area (Å²) >= 11 is 0. The van der Waals surface area contributed by atoms with Crippen LogP contribution in [0.15, 0.2) is 24.3 Å². The van der Waals surface area contributed by atoms with Crippen LogP contribution in [-0.4, -0.2) is 143 Å². The number of nitrogens with one attached hydrogen (secondary N) is 2. The number of nitrogens with zero attached hydrogens (tertiary/aromatic N) is 3. The Kier molecular flexibility index (Phi) is 8.65. The summed E-state index contributed by atoms with van der Waals surface area (Å²) in [4.78, 5) is 59.3. The lowest BCUT2D eigenvalue weighted by Crippen LogP contribution is -2.64. The van der Waals surface area contributed by atoms with Gasteiger partial charge in [0.25, 0.3) is 5.91 Å². The predicted octanol–water partition coefficient (Wildman–Crippen LogP) is -1.77. The minimum Gasteiger partial charge on any atom is -0.388 e. The van der Waals surface area contributed by atoms with Gasteiger partial charge in [-0.1, -0.05) is 0 Å². The third-order valence-corrected chi connectivity index (χ3v) is 9.32. The van der Waals surface area contributed by atoms with E-state index in [-0.39, 0.29) is 62.1 Å². The van der Waals surface area contributed by atoms with Crippen LogP contribution in [0.3, 0.4) is 0 Å². The van der Waals surface area contributed by atoms with E-state index in [1.807, 2.05) is 0 Å². The third-order valence-electron chi connectivity index (χ3n) is 9.32. The zero-order valence-electron chi connectivity index (χ0n) is 23.8. The van der Waals surface area contributed by atoms with Crippen molar-refractivity contribution < 1.29 is 43.3 Å². The number of ether oxygens (including phenoxy) is 2. The lowest BCUT2D eigenvalue weighted by molar-refractivity contribution is -0.142. The largest absolute Gasteiger partial charge is 0.388 e. The molecule has 0 spiro atoms. The van der Waals surface area contributed by atoms with Crippen LogP contribution >= 0.6 is 0 Å². The Morgan fingerprint density at radius 3 is 2.42 bits per heavy atom. The number of hydrogen-bond donors (Lipinski definition) is 4. The molecule has 7 atom stereocenters. The van der Waals surface area contributed by atoms with Gasteiger partial charge in [-0.15, -0.1) is 0 Å². The Balaban J connectivity index is 1.29. The zero-order valence-corrected chi connectivity index (χ0v) is 23.8. The molecule has 5 saturated heterocycles. The van der Waals surface area contributed by atoms with Gasteiger partial charge in [-0.2, -0.15) is 0 Å². The average Bonchev–Trinajstić information content (AvgIpc) is 3.55. The Labute approximate surface area is 248 Å². The second-order valence-corrected chi connectivity index (χ2v) is 12.0. The van der Waals surface area contributed by atoms with Crippen LogP contribution in [0.2, 0.25) is 0 Å². The summed E-state index contributed by atoms with van der Waals surface area (Å²) in [6.07, 6.45) is -2.95. The molecule has 6 bridgehead atoms. The van der Waals surface area contributed by atoms with Gasteiger partial charge in [0.1, 0.15) is 30.2 Å². The monoisotopic (exact) mass is 603 g/mol. The highest BCUT2D eigenvalue weighted by Crippen LogP contribution is 2.29. The summed E-state index contributed by atoms with van der Waals surface area (Å²) < 4.78 is 24.9. The highest BCUT2D eigenvalue weighted by Gasteiger charge is 2.48. The average molecular weight is 604 g/mol. The molecule has 5 fully saturated rings. The molecule has 1 aromatic carbocycles. The zero-order chi connectivity index (χ0) is 30.2. The Hall–Kier alpha value is -3.17. The maximum atomic E-state index is 14.1. The second-order valence-electron chi connectivity index (χ2n) is 12.0. The molecule has 0 aliphatic carbocycles. The number of hydrogen-bond acceptors (Lipinski definition) is 9. The molecular formula is C29H38FN5O8. The predicted molar refractivity (Wildman–Crippen MR) is 147 cm³/mol. The lowest BCUT2D eigenvalue weighted by atomic mass is 10.0. The van der Waals surface area contributed by atoms with E-state index in [0.717, 1.165) is 12.8 Å². The van der Waals surface area contributed by atoms with Gasteiger partial charge in [-0.05, 0) is 43.5 Å². The highest BCUT2D eigenvalue weighted by molar-refractivity contribution is 5.98. The van der Waals surface area contributed by atoms with Crippen molar-refractivity contribution in [1.29, 1.82) is 0 Å². The molecule has 234 valence electrons. The number of amides is 4. The van der Waals surface area contributed by atoms with Crippen LogP contribution < -0.4 is 10.6 Å².